The van der Waals surface area contributed by atoms with Crippen LogP contribution in [-0.4, -0.2) is 17.0 Å². The van der Waals surface area contributed by atoms with Crippen LogP contribution in [0.4, 0.5) is 19.1 Å². The molecule has 0 aliphatic rings. The van der Waals surface area contributed by atoms with Crippen LogP contribution in [0.5, 0.6) is 0 Å². The average Bonchev–Trinajstić information content (AvgIpc) is 2.34. The molecule has 0 spiro atoms. The highest BCUT2D eigenvalue weighted by Crippen LogP contribution is 2.23. The van der Waals surface area contributed by atoms with E-state index in [2.05, 4.69) is 15.3 Å². The number of nitrogens with zero attached hydrogens (tertiary/aromatic N) is 2. The Balaban J connectivity index is 2.56. The Morgan fingerprint density at radius 1 is 1.06 bits per heavy atom. The number of aromatic nitrogens is 2. The third-order valence-corrected chi connectivity index (χ3v) is 2.17. The van der Waals surface area contributed by atoms with Gasteiger partial charge in [-0.25, -0.2) is 23.1 Å². The fraction of sp³-hybridized carbons (Fsp3) is 0.0909. The summed E-state index contributed by atoms with van der Waals surface area (Å²) in [5.41, 5.74) is 0.0727. The summed E-state index contributed by atoms with van der Waals surface area (Å²) in [5.74, 6) is -2.95. The van der Waals surface area contributed by atoms with E-state index in [4.69, 9.17) is 0 Å². The first-order valence-corrected chi connectivity index (χ1v) is 4.77. The monoisotopic (exact) mass is 239 g/mol. The Labute approximate surface area is 95.3 Å². The molecule has 1 aromatic heterocycles. The minimum absolute atomic E-state index is 0.109. The molecule has 2 rings (SSSR count). The fourth-order valence-corrected chi connectivity index (χ4v) is 1.35. The maximum Gasteiger partial charge on any atom is 0.222 e. The van der Waals surface area contributed by atoms with Crippen LogP contribution in [0.25, 0.3) is 11.3 Å². The molecule has 0 aliphatic carbocycles. The van der Waals surface area contributed by atoms with Gasteiger partial charge in [-0.05, 0) is 12.1 Å². The van der Waals surface area contributed by atoms with E-state index >= 15 is 0 Å². The van der Waals surface area contributed by atoms with Crippen molar-refractivity contribution in [1.29, 1.82) is 0 Å². The van der Waals surface area contributed by atoms with Gasteiger partial charge in [0, 0.05) is 24.9 Å². The molecule has 1 aromatic carbocycles. The SMILES string of the molecule is CNc1nccc(-c2cc(F)c(F)cc2F)n1. The molecule has 6 heteroatoms. The lowest BCUT2D eigenvalue weighted by Gasteiger charge is -2.05. The van der Waals surface area contributed by atoms with Crippen molar-refractivity contribution in [3.05, 3.63) is 41.8 Å². The lowest BCUT2D eigenvalue weighted by Crippen LogP contribution is -1.98. The predicted molar refractivity (Wildman–Crippen MR) is 56.9 cm³/mol. The van der Waals surface area contributed by atoms with Crippen LogP contribution in [0, 0.1) is 17.5 Å². The highest BCUT2D eigenvalue weighted by atomic mass is 19.2. The Bertz CT molecular complexity index is 558. The van der Waals surface area contributed by atoms with E-state index in [0.717, 1.165) is 6.07 Å². The van der Waals surface area contributed by atoms with E-state index in [1.54, 1.807) is 7.05 Å². The van der Waals surface area contributed by atoms with Crippen molar-refractivity contribution in [2.75, 3.05) is 12.4 Å². The Kier molecular flexibility index (Phi) is 2.95. The summed E-state index contributed by atoms with van der Waals surface area (Å²) in [6, 6.07) is 2.68. The van der Waals surface area contributed by atoms with Gasteiger partial charge in [0.2, 0.25) is 5.95 Å². The van der Waals surface area contributed by atoms with Gasteiger partial charge in [-0.1, -0.05) is 0 Å². The second kappa shape index (κ2) is 4.40. The zero-order valence-electron chi connectivity index (χ0n) is 8.84. The van der Waals surface area contributed by atoms with Crippen LogP contribution in [0.2, 0.25) is 0 Å². The Morgan fingerprint density at radius 2 is 1.76 bits per heavy atom. The highest BCUT2D eigenvalue weighted by molar-refractivity contribution is 5.60. The normalized spacial score (nSPS) is 10.4. The molecule has 17 heavy (non-hydrogen) atoms. The van der Waals surface area contributed by atoms with Crippen molar-refractivity contribution < 1.29 is 13.2 Å². The second-order valence-electron chi connectivity index (χ2n) is 3.26. The molecule has 0 aliphatic heterocycles. The molecule has 0 bridgehead atoms. The third kappa shape index (κ3) is 2.20. The Hall–Kier alpha value is -2.11. The van der Waals surface area contributed by atoms with E-state index in [0.29, 0.717) is 6.07 Å². The van der Waals surface area contributed by atoms with Crippen LogP contribution in [0.3, 0.4) is 0 Å². The average molecular weight is 239 g/mol. The quantitative estimate of drug-likeness (QED) is 0.818. The molecule has 0 amide bonds. The van der Waals surface area contributed by atoms with Gasteiger partial charge in [0.05, 0.1) is 5.69 Å². The molecule has 0 atom stereocenters. The van der Waals surface area contributed by atoms with Crippen LogP contribution in [-0.2, 0) is 0 Å². The lowest BCUT2D eigenvalue weighted by atomic mass is 10.1. The summed E-state index contributed by atoms with van der Waals surface area (Å²) < 4.78 is 39.3. The number of rotatable bonds is 2. The van der Waals surface area contributed by atoms with E-state index in [1.807, 2.05) is 0 Å². The molecule has 1 N–H and O–H groups in total. The molecule has 1 heterocycles. The number of anilines is 1. The van der Waals surface area contributed by atoms with Gasteiger partial charge < -0.3 is 5.32 Å². The van der Waals surface area contributed by atoms with Gasteiger partial charge >= 0.3 is 0 Å². The molecule has 3 nitrogen and oxygen atoms in total. The molecule has 0 fully saturated rings. The van der Waals surface area contributed by atoms with Crippen molar-refractivity contribution in [2.45, 2.75) is 0 Å². The highest BCUT2D eigenvalue weighted by Gasteiger charge is 2.12. The van der Waals surface area contributed by atoms with Crippen LogP contribution in [0.15, 0.2) is 24.4 Å². The van der Waals surface area contributed by atoms with Crippen molar-refractivity contribution in [1.82, 2.24) is 9.97 Å². The largest absolute Gasteiger partial charge is 0.357 e. The Morgan fingerprint density at radius 3 is 2.47 bits per heavy atom. The van der Waals surface area contributed by atoms with Crippen molar-refractivity contribution in [2.24, 2.45) is 0 Å². The summed E-state index contributed by atoms with van der Waals surface area (Å²) in [5, 5.41) is 2.67. The third-order valence-electron chi connectivity index (χ3n) is 2.17. The first-order chi connectivity index (χ1) is 8.11. The second-order valence-corrected chi connectivity index (χ2v) is 3.26. The van der Waals surface area contributed by atoms with Crippen molar-refractivity contribution in [3.8, 4) is 11.3 Å². The molecule has 0 radical (unpaired) electrons. The number of hydrogen-bond acceptors (Lipinski definition) is 3. The van der Waals surface area contributed by atoms with Gasteiger partial charge in [-0.3, -0.25) is 0 Å². The smallest absolute Gasteiger partial charge is 0.222 e. The standard InChI is InChI=1S/C11H8F3N3/c1-15-11-16-3-2-10(17-11)6-4-8(13)9(14)5-7(6)12/h2-5H,1H3,(H,15,16,17). The van der Waals surface area contributed by atoms with Gasteiger partial charge in [0.15, 0.2) is 11.6 Å². The first kappa shape index (κ1) is 11.4. The van der Waals surface area contributed by atoms with Gasteiger partial charge in [-0.15, -0.1) is 0 Å². The van der Waals surface area contributed by atoms with Crippen molar-refractivity contribution >= 4 is 5.95 Å². The number of hydrogen-bond donors (Lipinski definition) is 1. The zero-order chi connectivity index (χ0) is 12.4. The number of benzene rings is 1. The fourth-order valence-electron chi connectivity index (χ4n) is 1.35. The van der Waals surface area contributed by atoms with Gasteiger partial charge in [0.1, 0.15) is 5.82 Å². The minimum Gasteiger partial charge on any atom is -0.357 e. The van der Waals surface area contributed by atoms with Crippen molar-refractivity contribution in [3.63, 3.8) is 0 Å². The summed E-state index contributed by atoms with van der Waals surface area (Å²) >= 11 is 0. The predicted octanol–water partition coefficient (Wildman–Crippen LogP) is 2.60. The maximum absolute atomic E-state index is 13.5. The molecule has 88 valence electrons. The summed E-state index contributed by atoms with van der Waals surface area (Å²) in [6.45, 7) is 0. The maximum atomic E-state index is 13.5. The molecule has 0 saturated carbocycles. The van der Waals surface area contributed by atoms with Crippen LogP contribution < -0.4 is 5.32 Å². The summed E-state index contributed by atoms with van der Waals surface area (Å²) in [7, 11) is 1.60. The lowest BCUT2D eigenvalue weighted by molar-refractivity contribution is 0.496. The molecule has 0 saturated heterocycles. The first-order valence-electron chi connectivity index (χ1n) is 4.77. The topological polar surface area (TPSA) is 37.8 Å². The van der Waals surface area contributed by atoms with Crippen LogP contribution >= 0.6 is 0 Å². The summed E-state index contributed by atoms with van der Waals surface area (Å²) in [4.78, 5) is 7.78. The minimum atomic E-state index is -1.23. The molecular formula is C11H8F3N3. The molecule has 0 unspecified atom stereocenters. The van der Waals surface area contributed by atoms with E-state index in [-0.39, 0.29) is 17.2 Å². The van der Waals surface area contributed by atoms with E-state index in [9.17, 15) is 13.2 Å². The number of nitrogens with one attached hydrogen (secondary N) is 1. The van der Waals surface area contributed by atoms with E-state index in [1.165, 1.54) is 12.3 Å². The zero-order valence-corrected chi connectivity index (χ0v) is 8.84. The number of halogens is 3. The van der Waals surface area contributed by atoms with Crippen LogP contribution in [0.1, 0.15) is 0 Å². The molecule has 2 aromatic rings. The van der Waals surface area contributed by atoms with Gasteiger partial charge in [0.25, 0.3) is 0 Å². The molecular weight excluding hydrogens is 231 g/mol. The van der Waals surface area contributed by atoms with Gasteiger partial charge in [-0.2, -0.15) is 0 Å². The summed E-state index contributed by atoms with van der Waals surface area (Å²) in [6.07, 6.45) is 1.40. The van der Waals surface area contributed by atoms with E-state index < -0.39 is 17.5 Å².